The van der Waals surface area contributed by atoms with Crippen molar-refractivity contribution in [2.24, 2.45) is 7.05 Å². The molecule has 1 aliphatic rings. The van der Waals surface area contributed by atoms with Gasteiger partial charge in [0.05, 0.1) is 30.4 Å². The van der Waals surface area contributed by atoms with Gasteiger partial charge >= 0.3 is 0 Å². The molecule has 1 N–H and O–H groups in total. The fraction of sp³-hybridized carbons (Fsp3) is 0.368. The van der Waals surface area contributed by atoms with E-state index in [4.69, 9.17) is 5.11 Å². The van der Waals surface area contributed by atoms with Crippen LogP contribution < -0.4 is 20.9 Å². The lowest BCUT2D eigenvalue weighted by Crippen LogP contribution is -2.48. The molecule has 146 valence electrons. The van der Waals surface area contributed by atoms with Crippen molar-refractivity contribution < 1.29 is 5.11 Å². The van der Waals surface area contributed by atoms with Gasteiger partial charge in [0.2, 0.25) is 0 Å². The Balaban J connectivity index is 1.54. The third kappa shape index (κ3) is 3.24. The number of nitrogens with zero attached hydrogens (tertiary/aromatic N) is 6. The largest absolute Gasteiger partial charge is 0.395 e. The van der Waals surface area contributed by atoms with Gasteiger partial charge in [-0.1, -0.05) is 0 Å². The summed E-state index contributed by atoms with van der Waals surface area (Å²) >= 11 is 0. The summed E-state index contributed by atoms with van der Waals surface area (Å²) in [6.45, 7) is 3.00. The summed E-state index contributed by atoms with van der Waals surface area (Å²) in [5.41, 5.74) is 1.39. The van der Waals surface area contributed by atoms with E-state index in [1.807, 2.05) is 17.0 Å². The first-order chi connectivity index (χ1) is 13.6. The Morgan fingerprint density at radius 3 is 2.54 bits per heavy atom. The van der Waals surface area contributed by atoms with Gasteiger partial charge in [0, 0.05) is 51.3 Å². The summed E-state index contributed by atoms with van der Waals surface area (Å²) in [6.07, 6.45) is 4.76. The predicted octanol–water partition coefficient (Wildman–Crippen LogP) is -0.191. The van der Waals surface area contributed by atoms with Crippen LogP contribution >= 0.6 is 0 Å². The number of hydrogen-bond donors (Lipinski definition) is 1. The smallest absolute Gasteiger partial charge is 0.293 e. The van der Waals surface area contributed by atoms with Crippen molar-refractivity contribution in [1.29, 1.82) is 0 Å². The van der Waals surface area contributed by atoms with Gasteiger partial charge in [-0.05, 0) is 18.2 Å². The Kier molecular flexibility index (Phi) is 4.82. The summed E-state index contributed by atoms with van der Waals surface area (Å²) in [4.78, 5) is 37.5. The summed E-state index contributed by atoms with van der Waals surface area (Å²) in [6, 6.07) is 5.62. The third-order valence-corrected chi connectivity index (χ3v) is 5.09. The van der Waals surface area contributed by atoms with E-state index in [9.17, 15) is 9.59 Å². The lowest BCUT2D eigenvalue weighted by atomic mass is 10.2. The van der Waals surface area contributed by atoms with Crippen LogP contribution in [0.25, 0.3) is 10.9 Å². The molecule has 0 radical (unpaired) electrons. The lowest BCUT2D eigenvalue weighted by molar-refractivity contribution is 0.274. The predicted molar refractivity (Wildman–Crippen MR) is 107 cm³/mol. The van der Waals surface area contributed by atoms with Crippen LogP contribution in [0.1, 0.15) is 0 Å². The number of aliphatic hydroxyl groups is 1. The van der Waals surface area contributed by atoms with E-state index < -0.39 is 0 Å². The molecule has 0 aliphatic carbocycles. The highest BCUT2D eigenvalue weighted by Gasteiger charge is 2.21. The Bertz CT molecular complexity index is 1110. The number of benzene rings is 1. The van der Waals surface area contributed by atoms with Crippen molar-refractivity contribution in [3.63, 3.8) is 0 Å². The molecule has 1 aliphatic heterocycles. The van der Waals surface area contributed by atoms with E-state index in [2.05, 4.69) is 14.9 Å². The second-order valence-electron chi connectivity index (χ2n) is 6.81. The van der Waals surface area contributed by atoms with Gasteiger partial charge in [0.1, 0.15) is 0 Å². The molecule has 3 heterocycles. The van der Waals surface area contributed by atoms with E-state index >= 15 is 0 Å². The molecule has 4 rings (SSSR count). The molecule has 0 saturated carbocycles. The fourth-order valence-corrected chi connectivity index (χ4v) is 3.49. The highest BCUT2D eigenvalue weighted by Crippen LogP contribution is 2.21. The molecule has 3 aromatic rings. The maximum Gasteiger partial charge on any atom is 0.293 e. The van der Waals surface area contributed by atoms with Crippen molar-refractivity contribution in [1.82, 2.24) is 19.1 Å². The number of aromatic nitrogens is 4. The zero-order valence-electron chi connectivity index (χ0n) is 15.7. The van der Waals surface area contributed by atoms with E-state index in [0.29, 0.717) is 29.8 Å². The number of hydrogen-bond acceptors (Lipinski definition) is 7. The molecule has 28 heavy (non-hydrogen) atoms. The zero-order chi connectivity index (χ0) is 19.7. The van der Waals surface area contributed by atoms with Crippen LogP contribution in [0.3, 0.4) is 0 Å². The highest BCUT2D eigenvalue weighted by molar-refractivity contribution is 5.81. The lowest BCUT2D eigenvalue weighted by Gasteiger charge is -2.36. The maximum atomic E-state index is 12.4. The number of aliphatic hydroxyl groups excluding tert-OH is 1. The third-order valence-electron chi connectivity index (χ3n) is 5.09. The van der Waals surface area contributed by atoms with Crippen molar-refractivity contribution in [3.8, 4) is 0 Å². The second kappa shape index (κ2) is 7.43. The van der Waals surface area contributed by atoms with E-state index in [0.717, 1.165) is 18.8 Å². The SMILES string of the molecule is Cn1ccnc(N2CCN(c3ccc4c(=O)n(CCO)cnc4c3)CC2)c1=O. The molecule has 1 fully saturated rings. The van der Waals surface area contributed by atoms with Crippen molar-refractivity contribution in [2.75, 3.05) is 42.6 Å². The van der Waals surface area contributed by atoms with Gasteiger partial charge < -0.3 is 19.5 Å². The average Bonchev–Trinajstić information content (AvgIpc) is 2.72. The molecule has 1 saturated heterocycles. The molecule has 0 amide bonds. The molecule has 0 spiro atoms. The summed E-state index contributed by atoms with van der Waals surface area (Å²) in [7, 11) is 1.72. The highest BCUT2D eigenvalue weighted by atomic mass is 16.3. The monoisotopic (exact) mass is 382 g/mol. The van der Waals surface area contributed by atoms with E-state index in [1.165, 1.54) is 15.5 Å². The van der Waals surface area contributed by atoms with Crippen LogP contribution in [-0.2, 0) is 13.6 Å². The number of fused-ring (bicyclic) bond motifs is 1. The Morgan fingerprint density at radius 2 is 1.79 bits per heavy atom. The topological polar surface area (TPSA) is 96.5 Å². The van der Waals surface area contributed by atoms with Gasteiger partial charge in [0.15, 0.2) is 5.82 Å². The van der Waals surface area contributed by atoms with Crippen molar-refractivity contribution in [3.05, 3.63) is 57.6 Å². The van der Waals surface area contributed by atoms with Gasteiger partial charge in [-0.2, -0.15) is 0 Å². The van der Waals surface area contributed by atoms with E-state index in [1.54, 1.807) is 25.5 Å². The molecule has 0 unspecified atom stereocenters. The number of anilines is 2. The minimum Gasteiger partial charge on any atom is -0.395 e. The fourth-order valence-electron chi connectivity index (χ4n) is 3.49. The van der Waals surface area contributed by atoms with Crippen LogP contribution in [0.2, 0.25) is 0 Å². The summed E-state index contributed by atoms with van der Waals surface area (Å²) in [5, 5.41) is 9.58. The Labute approximate surface area is 161 Å². The van der Waals surface area contributed by atoms with Crippen LogP contribution in [0.5, 0.6) is 0 Å². The minimum atomic E-state index is -0.151. The molecule has 9 heteroatoms. The molecule has 1 aromatic carbocycles. The molecule has 2 aromatic heterocycles. The van der Waals surface area contributed by atoms with Crippen LogP contribution in [-0.4, -0.2) is 57.0 Å². The van der Waals surface area contributed by atoms with Crippen molar-refractivity contribution >= 4 is 22.4 Å². The Hall–Kier alpha value is -3.20. The first kappa shape index (κ1) is 18.2. The molecular formula is C19H22N6O3. The van der Waals surface area contributed by atoms with Crippen molar-refractivity contribution in [2.45, 2.75) is 6.54 Å². The zero-order valence-corrected chi connectivity index (χ0v) is 15.7. The quantitative estimate of drug-likeness (QED) is 0.668. The number of rotatable bonds is 4. The summed E-state index contributed by atoms with van der Waals surface area (Å²) in [5.74, 6) is 0.481. The van der Waals surface area contributed by atoms with Gasteiger partial charge in [-0.3, -0.25) is 14.2 Å². The first-order valence-electron chi connectivity index (χ1n) is 9.20. The normalized spacial score (nSPS) is 14.6. The molecule has 9 nitrogen and oxygen atoms in total. The molecular weight excluding hydrogens is 360 g/mol. The van der Waals surface area contributed by atoms with E-state index in [-0.39, 0.29) is 24.3 Å². The maximum absolute atomic E-state index is 12.4. The van der Waals surface area contributed by atoms with Gasteiger partial charge in [-0.25, -0.2) is 9.97 Å². The minimum absolute atomic E-state index is 0.0926. The van der Waals surface area contributed by atoms with Gasteiger partial charge in [-0.15, -0.1) is 0 Å². The van der Waals surface area contributed by atoms with Crippen LogP contribution in [0.15, 0.2) is 46.5 Å². The second-order valence-corrected chi connectivity index (χ2v) is 6.81. The van der Waals surface area contributed by atoms with Gasteiger partial charge in [0.25, 0.3) is 11.1 Å². The first-order valence-corrected chi connectivity index (χ1v) is 9.20. The molecule has 0 atom stereocenters. The van der Waals surface area contributed by atoms with Crippen LogP contribution in [0.4, 0.5) is 11.5 Å². The number of aryl methyl sites for hydroxylation is 1. The van der Waals surface area contributed by atoms with Crippen LogP contribution in [0, 0.1) is 0 Å². The number of piperazine rings is 1. The Morgan fingerprint density at radius 1 is 1.04 bits per heavy atom. The molecule has 0 bridgehead atoms. The standard InChI is InChI=1S/C19H22N6O3/c1-22-5-4-20-17(19(22)28)24-8-6-23(7-9-24)14-2-3-15-16(12-14)21-13-25(10-11-26)18(15)27/h2-5,12-13,26H,6-11H2,1H3. The summed E-state index contributed by atoms with van der Waals surface area (Å²) < 4.78 is 2.95. The average molecular weight is 382 g/mol.